The summed E-state index contributed by atoms with van der Waals surface area (Å²) in [4.78, 5) is 66.0. The average Bonchev–Trinajstić information content (AvgIpc) is 3.96. The third-order valence-electron chi connectivity index (χ3n) is 14.9. The van der Waals surface area contributed by atoms with Crippen molar-refractivity contribution in [2.24, 2.45) is 16.7 Å². The zero-order valence-corrected chi connectivity index (χ0v) is 42.2. The number of amides is 4. The van der Waals surface area contributed by atoms with Crippen LogP contribution in [0, 0.1) is 46.3 Å². The van der Waals surface area contributed by atoms with E-state index in [1.54, 1.807) is 29.5 Å². The van der Waals surface area contributed by atoms with E-state index in [1.807, 2.05) is 74.0 Å². The van der Waals surface area contributed by atoms with Crippen molar-refractivity contribution < 1.29 is 33.0 Å². The SMILES string of the molecule is Cc1ncsc1-c1ccc([C@H](C)NC(=O)[C@@H]2C[C@@H](F)CN2C(=O)[C@H](NC(=O)CN2CCN(CCCc3ccc(C(=O)N[C@H]4C(C)(C)[C@H](Oc5ccc(C#N)c(C#N)c5)C4(C)C)cc3)CC2)C2COC2)cc1. The summed E-state index contributed by atoms with van der Waals surface area (Å²) in [6, 6.07) is 22.1. The minimum absolute atomic E-state index is 0.112. The first-order chi connectivity index (χ1) is 34.0. The van der Waals surface area contributed by atoms with E-state index in [9.17, 15) is 29.7 Å². The Morgan fingerprint density at radius 3 is 2.21 bits per heavy atom. The molecule has 0 bridgehead atoms. The Bertz CT molecular complexity index is 2650. The summed E-state index contributed by atoms with van der Waals surface area (Å²) in [5, 5.41) is 28.0. The molecule has 4 amide bonds. The lowest BCUT2D eigenvalue weighted by Crippen LogP contribution is -2.74. The molecule has 1 saturated carbocycles. The second-order valence-electron chi connectivity index (χ2n) is 20.7. The number of aromatic nitrogens is 1. The van der Waals surface area contributed by atoms with Crippen LogP contribution >= 0.6 is 11.3 Å². The van der Waals surface area contributed by atoms with Crippen molar-refractivity contribution in [1.82, 2.24) is 35.6 Å². The molecule has 4 aromatic rings. The van der Waals surface area contributed by atoms with E-state index in [0.717, 1.165) is 59.7 Å². The van der Waals surface area contributed by atoms with Crippen LogP contribution in [0.15, 0.2) is 72.2 Å². The van der Waals surface area contributed by atoms with Crippen LogP contribution in [0.25, 0.3) is 10.4 Å². The Kier molecular flexibility index (Phi) is 15.6. The number of nitrogens with zero attached hydrogens (tertiary/aromatic N) is 6. The van der Waals surface area contributed by atoms with E-state index < -0.39 is 40.9 Å². The summed E-state index contributed by atoms with van der Waals surface area (Å²) in [5.74, 6) is -1.10. The number of piperazine rings is 1. The van der Waals surface area contributed by atoms with Crippen molar-refractivity contribution in [3.8, 4) is 28.3 Å². The molecule has 8 rings (SSSR count). The third-order valence-corrected chi connectivity index (χ3v) is 15.9. The number of thiazole rings is 1. The molecule has 3 aromatic carbocycles. The van der Waals surface area contributed by atoms with Gasteiger partial charge in [-0.2, -0.15) is 10.5 Å². The van der Waals surface area contributed by atoms with Crippen LogP contribution in [-0.2, 0) is 25.5 Å². The summed E-state index contributed by atoms with van der Waals surface area (Å²) >= 11 is 1.57. The molecule has 15 nitrogen and oxygen atoms in total. The van der Waals surface area contributed by atoms with Crippen molar-refractivity contribution in [1.29, 1.82) is 10.5 Å². The van der Waals surface area contributed by atoms with Crippen molar-refractivity contribution in [3.63, 3.8) is 0 Å². The largest absolute Gasteiger partial charge is 0.489 e. The number of aryl methyl sites for hydroxylation is 2. The van der Waals surface area contributed by atoms with E-state index >= 15 is 4.39 Å². The van der Waals surface area contributed by atoms with Gasteiger partial charge >= 0.3 is 0 Å². The van der Waals surface area contributed by atoms with Gasteiger partial charge in [0.05, 0.1) is 59.6 Å². The molecule has 71 heavy (non-hydrogen) atoms. The van der Waals surface area contributed by atoms with Crippen molar-refractivity contribution in [3.05, 3.63) is 106 Å². The lowest BCUT2D eigenvalue weighted by atomic mass is 9.49. The van der Waals surface area contributed by atoms with Crippen LogP contribution in [0.3, 0.4) is 0 Å². The molecular formula is C54H64FN9O6S. The summed E-state index contributed by atoms with van der Waals surface area (Å²) in [6.07, 6.45) is 0.0494. The highest BCUT2D eigenvalue weighted by Crippen LogP contribution is 2.55. The second kappa shape index (κ2) is 21.6. The van der Waals surface area contributed by atoms with Gasteiger partial charge in [0.2, 0.25) is 17.7 Å². The quantitative estimate of drug-likeness (QED) is 0.113. The predicted molar refractivity (Wildman–Crippen MR) is 267 cm³/mol. The van der Waals surface area contributed by atoms with Crippen molar-refractivity contribution in [2.75, 3.05) is 59.0 Å². The maximum Gasteiger partial charge on any atom is 0.251 e. The van der Waals surface area contributed by atoms with Gasteiger partial charge in [0.15, 0.2) is 0 Å². The van der Waals surface area contributed by atoms with E-state index in [0.29, 0.717) is 30.0 Å². The molecule has 374 valence electrons. The number of alkyl halides is 1. The molecule has 4 heterocycles. The van der Waals surface area contributed by atoms with Crippen LogP contribution in [0.4, 0.5) is 4.39 Å². The average molecular weight is 986 g/mol. The summed E-state index contributed by atoms with van der Waals surface area (Å²) < 4.78 is 26.8. The molecule has 3 aliphatic heterocycles. The minimum atomic E-state index is -1.36. The van der Waals surface area contributed by atoms with Gasteiger partial charge in [0.25, 0.3) is 5.91 Å². The molecular weight excluding hydrogens is 922 g/mol. The van der Waals surface area contributed by atoms with Crippen LogP contribution in [0.5, 0.6) is 5.75 Å². The predicted octanol–water partition coefficient (Wildman–Crippen LogP) is 5.97. The number of nitrogens with one attached hydrogen (secondary N) is 3. The topological polar surface area (TPSA) is 193 Å². The van der Waals surface area contributed by atoms with Gasteiger partial charge in [0.1, 0.15) is 42.2 Å². The number of nitriles is 2. The molecule has 4 fully saturated rings. The number of hydrogen-bond donors (Lipinski definition) is 3. The zero-order chi connectivity index (χ0) is 50.6. The van der Waals surface area contributed by atoms with Gasteiger partial charge in [-0.05, 0) is 80.3 Å². The Labute approximate surface area is 419 Å². The van der Waals surface area contributed by atoms with Crippen molar-refractivity contribution >= 4 is 35.0 Å². The third kappa shape index (κ3) is 11.3. The Morgan fingerprint density at radius 2 is 1.59 bits per heavy atom. The van der Waals surface area contributed by atoms with Crippen LogP contribution in [0.1, 0.15) is 91.8 Å². The fraction of sp³-hybridized carbons (Fsp3) is 0.500. The summed E-state index contributed by atoms with van der Waals surface area (Å²) in [7, 11) is 0. The fourth-order valence-electron chi connectivity index (χ4n) is 11.0. The molecule has 0 unspecified atom stereocenters. The molecule has 0 spiro atoms. The van der Waals surface area contributed by atoms with E-state index in [1.165, 1.54) is 4.90 Å². The van der Waals surface area contributed by atoms with Crippen LogP contribution < -0.4 is 20.7 Å². The highest BCUT2D eigenvalue weighted by Gasteiger charge is 2.64. The first kappa shape index (κ1) is 51.1. The van der Waals surface area contributed by atoms with Gasteiger partial charge in [-0.1, -0.05) is 64.1 Å². The lowest BCUT2D eigenvalue weighted by molar-refractivity contribution is -0.164. The van der Waals surface area contributed by atoms with Gasteiger partial charge in [-0.3, -0.25) is 24.1 Å². The molecule has 0 radical (unpaired) electrons. The number of benzene rings is 3. The fourth-order valence-corrected chi connectivity index (χ4v) is 11.8. The molecule has 1 aliphatic carbocycles. The van der Waals surface area contributed by atoms with Crippen LogP contribution in [-0.4, -0.2) is 133 Å². The molecule has 4 atom stereocenters. The first-order valence-electron chi connectivity index (χ1n) is 24.5. The number of hydrogen-bond acceptors (Lipinski definition) is 12. The number of likely N-dealkylation sites (tertiary alicyclic amines) is 1. The first-order valence-corrected chi connectivity index (χ1v) is 25.4. The lowest BCUT2D eigenvalue weighted by Gasteiger charge is -2.63. The number of carbonyl (C=O) groups excluding carboxylic acids is 4. The Morgan fingerprint density at radius 1 is 0.915 bits per heavy atom. The van der Waals surface area contributed by atoms with E-state index in [2.05, 4.69) is 64.5 Å². The zero-order valence-electron chi connectivity index (χ0n) is 41.4. The summed E-state index contributed by atoms with van der Waals surface area (Å²) in [5.41, 5.74) is 6.13. The smallest absolute Gasteiger partial charge is 0.251 e. The Balaban J connectivity index is 0.759. The van der Waals surface area contributed by atoms with Gasteiger partial charge in [-0.15, -0.1) is 11.3 Å². The molecule has 1 aromatic heterocycles. The monoisotopic (exact) mass is 985 g/mol. The number of carbonyl (C=O) groups is 4. The van der Waals surface area contributed by atoms with Crippen molar-refractivity contribution in [2.45, 2.75) is 97.2 Å². The molecule has 17 heteroatoms. The van der Waals surface area contributed by atoms with E-state index in [-0.39, 0.29) is 74.2 Å². The highest BCUT2D eigenvalue weighted by molar-refractivity contribution is 7.13. The Hall–Kier alpha value is -6.24. The molecule has 3 saturated heterocycles. The number of ether oxygens (including phenoxy) is 2. The normalized spacial score (nSPS) is 22.7. The van der Waals surface area contributed by atoms with Crippen LogP contribution in [0.2, 0.25) is 0 Å². The minimum Gasteiger partial charge on any atom is -0.489 e. The number of halogens is 1. The number of rotatable bonds is 17. The maximum absolute atomic E-state index is 15.0. The van der Waals surface area contributed by atoms with Gasteiger partial charge in [-0.25, -0.2) is 9.37 Å². The summed E-state index contributed by atoms with van der Waals surface area (Å²) in [6.45, 7) is 16.4. The van der Waals surface area contributed by atoms with Gasteiger partial charge in [0, 0.05) is 61.0 Å². The maximum atomic E-state index is 15.0. The van der Waals surface area contributed by atoms with E-state index in [4.69, 9.17) is 9.47 Å². The molecule has 3 N–H and O–H groups in total. The molecule has 4 aliphatic rings. The highest BCUT2D eigenvalue weighted by atomic mass is 32.1. The van der Waals surface area contributed by atoms with Gasteiger partial charge < -0.3 is 35.2 Å². The second-order valence-corrected chi connectivity index (χ2v) is 21.6. The standard InChI is InChI=1S/C54H64FN9O6S/c1-33(36-13-15-37(16-14-36)47-34(2)58-32-71-47)59-49(67)44-25-42(55)28-64(44)50(68)46(41-30-69-31-41)60-45(65)29-63-22-20-62(21-23-63)19-7-8-35-9-11-38(12-10-35)48(66)61-51-53(3,4)52(54(51,5)6)70-43-18-17-39(26-56)40(24-43)27-57/h9-18,24,32-33,41-42,44,46,51-52H,7-8,19-23,25,28-31H2,1-6H3,(H,59,67)(H,60,65)(H,61,66)/t33-,42+,44-,46+,51-,52-/m0/s1.